The summed E-state index contributed by atoms with van der Waals surface area (Å²) in [5.74, 6) is 0.274. The van der Waals surface area contributed by atoms with Crippen LogP contribution in [0.1, 0.15) is 0 Å². The summed E-state index contributed by atoms with van der Waals surface area (Å²) >= 11 is 5.85. The summed E-state index contributed by atoms with van der Waals surface area (Å²) in [6.07, 6.45) is 0. The number of fused-ring (bicyclic) bond motifs is 1. The lowest BCUT2D eigenvalue weighted by Crippen LogP contribution is -1.89. The van der Waals surface area contributed by atoms with E-state index in [-0.39, 0.29) is 5.75 Å². The largest absolute Gasteiger partial charge is 0.508 e. The summed E-state index contributed by atoms with van der Waals surface area (Å²) in [6.45, 7) is 0. The highest BCUT2D eigenvalue weighted by Gasteiger charge is 1.99. The van der Waals surface area contributed by atoms with Crippen molar-refractivity contribution in [3.63, 3.8) is 0 Å². The first-order valence-electron chi connectivity index (χ1n) is 5.96. The Morgan fingerprint density at radius 2 is 1.42 bits per heavy atom. The summed E-state index contributed by atoms with van der Waals surface area (Å²) < 4.78 is 0. The molecular formula is C16H12ClNO. The zero-order chi connectivity index (χ0) is 13.2. The van der Waals surface area contributed by atoms with E-state index in [0.29, 0.717) is 5.02 Å². The lowest BCUT2D eigenvalue weighted by Gasteiger charge is -2.08. The Labute approximate surface area is 116 Å². The standard InChI is InChI=1S/C16H12ClNO/c17-13-3-6-14(7-4-13)18-15-5-1-11-2-8-16(19)10-12(11)9-15/h1-10,18-19H. The van der Waals surface area contributed by atoms with E-state index in [9.17, 15) is 5.11 Å². The van der Waals surface area contributed by atoms with Crippen molar-refractivity contribution in [2.45, 2.75) is 0 Å². The van der Waals surface area contributed by atoms with Gasteiger partial charge in [0.05, 0.1) is 0 Å². The second-order valence-corrected chi connectivity index (χ2v) is 4.81. The van der Waals surface area contributed by atoms with Crippen LogP contribution < -0.4 is 5.32 Å². The van der Waals surface area contributed by atoms with Gasteiger partial charge in [-0.1, -0.05) is 23.7 Å². The molecule has 0 aromatic heterocycles. The van der Waals surface area contributed by atoms with E-state index in [1.807, 2.05) is 48.5 Å². The van der Waals surface area contributed by atoms with Gasteiger partial charge in [-0.2, -0.15) is 0 Å². The summed E-state index contributed by atoms with van der Waals surface area (Å²) in [5.41, 5.74) is 1.95. The lowest BCUT2D eigenvalue weighted by atomic mass is 10.1. The van der Waals surface area contributed by atoms with E-state index < -0.39 is 0 Å². The molecule has 0 amide bonds. The average molecular weight is 270 g/mol. The van der Waals surface area contributed by atoms with Crippen molar-refractivity contribution < 1.29 is 5.11 Å². The molecule has 3 rings (SSSR count). The lowest BCUT2D eigenvalue weighted by molar-refractivity contribution is 0.476. The molecule has 0 atom stereocenters. The van der Waals surface area contributed by atoms with Crippen molar-refractivity contribution in [3.8, 4) is 5.75 Å². The van der Waals surface area contributed by atoms with Crippen LogP contribution in [0.3, 0.4) is 0 Å². The highest BCUT2D eigenvalue weighted by molar-refractivity contribution is 6.30. The summed E-state index contributed by atoms with van der Waals surface area (Å²) in [6, 6.07) is 18.9. The van der Waals surface area contributed by atoms with Crippen molar-refractivity contribution in [1.82, 2.24) is 0 Å². The average Bonchev–Trinajstić information content (AvgIpc) is 2.41. The highest BCUT2D eigenvalue weighted by Crippen LogP contribution is 2.25. The number of hydrogen-bond acceptors (Lipinski definition) is 2. The Balaban J connectivity index is 1.94. The van der Waals surface area contributed by atoms with Crippen LogP contribution in [0.2, 0.25) is 5.02 Å². The molecule has 0 aliphatic carbocycles. The molecule has 2 nitrogen and oxygen atoms in total. The Hall–Kier alpha value is -2.19. The zero-order valence-corrected chi connectivity index (χ0v) is 10.9. The molecule has 0 heterocycles. The van der Waals surface area contributed by atoms with Gasteiger partial charge in [0, 0.05) is 16.4 Å². The number of anilines is 2. The summed E-state index contributed by atoms with van der Waals surface area (Å²) in [4.78, 5) is 0. The minimum Gasteiger partial charge on any atom is -0.508 e. The topological polar surface area (TPSA) is 32.3 Å². The normalized spacial score (nSPS) is 10.6. The second kappa shape index (κ2) is 4.82. The van der Waals surface area contributed by atoms with E-state index >= 15 is 0 Å². The van der Waals surface area contributed by atoms with E-state index in [1.54, 1.807) is 12.1 Å². The highest BCUT2D eigenvalue weighted by atomic mass is 35.5. The van der Waals surface area contributed by atoms with Crippen LogP contribution in [0.4, 0.5) is 11.4 Å². The molecule has 3 aromatic rings. The molecule has 0 saturated carbocycles. The first-order valence-corrected chi connectivity index (χ1v) is 6.34. The van der Waals surface area contributed by atoms with Gasteiger partial charge >= 0.3 is 0 Å². The first kappa shape index (κ1) is 11.9. The maximum atomic E-state index is 9.51. The van der Waals surface area contributed by atoms with Crippen LogP contribution in [-0.4, -0.2) is 5.11 Å². The predicted octanol–water partition coefficient (Wildman–Crippen LogP) is 4.94. The monoisotopic (exact) mass is 269 g/mol. The molecule has 0 fully saturated rings. The fourth-order valence-electron chi connectivity index (χ4n) is 2.01. The van der Waals surface area contributed by atoms with E-state index in [2.05, 4.69) is 5.32 Å². The molecule has 0 saturated heterocycles. The second-order valence-electron chi connectivity index (χ2n) is 4.38. The fraction of sp³-hybridized carbons (Fsp3) is 0. The minimum absolute atomic E-state index is 0.274. The number of rotatable bonds is 2. The van der Waals surface area contributed by atoms with Gasteiger partial charge in [0.25, 0.3) is 0 Å². The maximum absolute atomic E-state index is 9.51. The molecule has 0 bridgehead atoms. The van der Waals surface area contributed by atoms with Gasteiger partial charge in [-0.15, -0.1) is 0 Å². The minimum atomic E-state index is 0.274. The molecule has 0 aliphatic rings. The number of halogens is 1. The van der Waals surface area contributed by atoms with Gasteiger partial charge in [0.15, 0.2) is 0 Å². The van der Waals surface area contributed by atoms with Gasteiger partial charge in [0.2, 0.25) is 0 Å². The Kier molecular flexibility index (Phi) is 3.02. The van der Waals surface area contributed by atoms with E-state index in [0.717, 1.165) is 22.1 Å². The number of phenolic OH excluding ortho intramolecular Hbond substituents is 1. The molecule has 0 unspecified atom stereocenters. The molecule has 94 valence electrons. The van der Waals surface area contributed by atoms with Gasteiger partial charge in [0.1, 0.15) is 5.75 Å². The Morgan fingerprint density at radius 1 is 0.737 bits per heavy atom. The number of benzene rings is 3. The Morgan fingerprint density at radius 3 is 2.21 bits per heavy atom. The van der Waals surface area contributed by atoms with Gasteiger partial charge in [-0.3, -0.25) is 0 Å². The molecule has 0 radical (unpaired) electrons. The first-order chi connectivity index (χ1) is 9.20. The molecule has 0 spiro atoms. The molecule has 0 aliphatic heterocycles. The van der Waals surface area contributed by atoms with E-state index in [4.69, 9.17) is 11.6 Å². The van der Waals surface area contributed by atoms with Crippen LogP contribution in [0.15, 0.2) is 60.7 Å². The Bertz CT molecular complexity index is 722. The van der Waals surface area contributed by atoms with Crippen LogP contribution in [0.5, 0.6) is 5.75 Å². The summed E-state index contributed by atoms with van der Waals surface area (Å²) in [5, 5.41) is 15.6. The SMILES string of the molecule is Oc1ccc2ccc(Nc3ccc(Cl)cc3)cc2c1. The molecular weight excluding hydrogens is 258 g/mol. The van der Waals surface area contributed by atoms with Crippen molar-refractivity contribution in [2.24, 2.45) is 0 Å². The molecule has 2 N–H and O–H groups in total. The van der Waals surface area contributed by atoms with Crippen molar-refractivity contribution in [2.75, 3.05) is 5.32 Å². The molecule has 3 aromatic carbocycles. The number of aromatic hydroxyl groups is 1. The van der Waals surface area contributed by atoms with Crippen LogP contribution in [0, 0.1) is 0 Å². The van der Waals surface area contributed by atoms with E-state index in [1.165, 1.54) is 0 Å². The number of phenols is 1. The molecule has 3 heteroatoms. The zero-order valence-electron chi connectivity index (χ0n) is 10.1. The van der Waals surface area contributed by atoms with Crippen LogP contribution >= 0.6 is 11.6 Å². The molecule has 19 heavy (non-hydrogen) atoms. The third kappa shape index (κ3) is 2.64. The van der Waals surface area contributed by atoms with Crippen LogP contribution in [-0.2, 0) is 0 Å². The summed E-state index contributed by atoms with van der Waals surface area (Å²) in [7, 11) is 0. The van der Waals surface area contributed by atoms with Crippen molar-refractivity contribution >= 4 is 33.7 Å². The quantitative estimate of drug-likeness (QED) is 0.690. The number of nitrogens with one attached hydrogen (secondary N) is 1. The number of hydrogen-bond donors (Lipinski definition) is 2. The third-order valence-corrected chi connectivity index (χ3v) is 3.21. The maximum Gasteiger partial charge on any atom is 0.116 e. The smallest absolute Gasteiger partial charge is 0.116 e. The van der Waals surface area contributed by atoms with Crippen molar-refractivity contribution in [1.29, 1.82) is 0 Å². The van der Waals surface area contributed by atoms with Gasteiger partial charge in [-0.05, 0) is 59.3 Å². The third-order valence-electron chi connectivity index (χ3n) is 2.96. The fourth-order valence-corrected chi connectivity index (χ4v) is 2.14. The predicted molar refractivity (Wildman–Crippen MR) is 80.3 cm³/mol. The van der Waals surface area contributed by atoms with Crippen molar-refractivity contribution in [3.05, 3.63) is 65.7 Å². The van der Waals surface area contributed by atoms with Crippen LogP contribution in [0.25, 0.3) is 10.8 Å². The van der Waals surface area contributed by atoms with Gasteiger partial charge < -0.3 is 10.4 Å². The van der Waals surface area contributed by atoms with Gasteiger partial charge in [-0.25, -0.2) is 0 Å².